The van der Waals surface area contributed by atoms with Gasteiger partial charge in [-0.25, -0.2) is 0 Å². The summed E-state index contributed by atoms with van der Waals surface area (Å²) in [4.78, 5) is 14.5. The minimum Gasteiger partial charge on any atom is -0.375 e. The Labute approximate surface area is 165 Å². The summed E-state index contributed by atoms with van der Waals surface area (Å²) in [5, 5.41) is 17.9. The highest BCUT2D eigenvalue weighted by atomic mass is 19.4. The lowest BCUT2D eigenvalue weighted by atomic mass is 9.87. The molecule has 2 atom stereocenters. The summed E-state index contributed by atoms with van der Waals surface area (Å²) in [7, 11) is 1.80. The van der Waals surface area contributed by atoms with E-state index in [1.54, 1.807) is 24.7 Å². The molecule has 10 heteroatoms. The van der Waals surface area contributed by atoms with Crippen molar-refractivity contribution in [2.24, 2.45) is 7.05 Å². The number of hydrogen-bond acceptors (Lipinski definition) is 5. The number of nitrogens with zero attached hydrogens (tertiary/aromatic N) is 4. The molecule has 7 nitrogen and oxygen atoms in total. The Balaban J connectivity index is 1.61. The van der Waals surface area contributed by atoms with E-state index >= 15 is 0 Å². The quantitative estimate of drug-likeness (QED) is 0.838. The van der Waals surface area contributed by atoms with E-state index in [0.717, 1.165) is 18.5 Å². The number of carbonyl (C=O) groups excluding carboxylic acids is 1. The van der Waals surface area contributed by atoms with Crippen molar-refractivity contribution in [1.82, 2.24) is 19.8 Å². The van der Waals surface area contributed by atoms with Gasteiger partial charge in [0.05, 0.1) is 6.54 Å². The molecule has 1 aliphatic heterocycles. The molecule has 29 heavy (non-hydrogen) atoms. The molecule has 0 bridgehead atoms. The monoisotopic (exact) mass is 412 g/mol. The topological polar surface area (TPSA) is 84.4 Å². The fraction of sp³-hybridized carbons (Fsp3) is 0.632. The van der Waals surface area contributed by atoms with E-state index in [1.165, 1.54) is 4.90 Å². The largest absolute Gasteiger partial charge is 0.422 e. The van der Waals surface area contributed by atoms with E-state index in [0.29, 0.717) is 12.6 Å². The Kier molecular flexibility index (Phi) is 4.17. The molecular weight excluding hydrogens is 389 g/mol. The van der Waals surface area contributed by atoms with Crippen molar-refractivity contribution in [3.8, 4) is 0 Å². The van der Waals surface area contributed by atoms with Gasteiger partial charge in [-0.3, -0.25) is 9.48 Å². The predicted octanol–water partition coefficient (Wildman–Crippen LogP) is 2.99. The number of amides is 1. The van der Waals surface area contributed by atoms with Gasteiger partial charge in [0.1, 0.15) is 5.69 Å². The highest BCUT2D eigenvalue weighted by molar-refractivity contribution is 5.92. The average Bonchev–Trinajstić information content (AvgIpc) is 3.05. The molecular formula is C19H23F3N4O3. The van der Waals surface area contributed by atoms with Crippen LogP contribution >= 0.6 is 0 Å². The van der Waals surface area contributed by atoms with Gasteiger partial charge in [0.2, 0.25) is 5.60 Å². The first kappa shape index (κ1) is 19.9. The number of aryl methyl sites for hydroxylation is 1. The Morgan fingerprint density at radius 3 is 2.62 bits per heavy atom. The number of halogens is 3. The van der Waals surface area contributed by atoms with Crippen molar-refractivity contribution in [1.29, 1.82) is 0 Å². The third-order valence-electron chi connectivity index (χ3n) is 6.14. The average molecular weight is 412 g/mol. The van der Waals surface area contributed by atoms with Crippen molar-refractivity contribution in [2.75, 3.05) is 6.54 Å². The minimum atomic E-state index is -4.90. The second-order valence-electron chi connectivity index (χ2n) is 8.62. The van der Waals surface area contributed by atoms with Gasteiger partial charge in [0, 0.05) is 36.2 Å². The van der Waals surface area contributed by atoms with Crippen LogP contribution in [0.25, 0.3) is 0 Å². The van der Waals surface area contributed by atoms with Gasteiger partial charge >= 0.3 is 6.18 Å². The molecule has 0 spiro atoms. The normalized spacial score (nSPS) is 22.9. The van der Waals surface area contributed by atoms with Crippen LogP contribution in [-0.4, -0.2) is 43.6 Å². The van der Waals surface area contributed by atoms with Crippen LogP contribution in [-0.2, 0) is 24.6 Å². The first-order valence-corrected chi connectivity index (χ1v) is 9.47. The molecule has 0 radical (unpaired) electrons. The van der Waals surface area contributed by atoms with Gasteiger partial charge in [-0.15, -0.1) is 0 Å². The number of aromatic nitrogens is 3. The summed E-state index contributed by atoms with van der Waals surface area (Å²) in [6.07, 6.45) is -2.80. The molecule has 158 valence electrons. The molecule has 1 aliphatic carbocycles. The number of rotatable bonds is 3. The fourth-order valence-electron chi connectivity index (χ4n) is 4.00. The molecule has 1 saturated carbocycles. The number of hydrogen-bond donors (Lipinski definition) is 1. The molecule has 1 fully saturated rings. The summed E-state index contributed by atoms with van der Waals surface area (Å²) < 4.78 is 46.6. The van der Waals surface area contributed by atoms with Gasteiger partial charge in [0.25, 0.3) is 5.91 Å². The second-order valence-corrected chi connectivity index (χ2v) is 8.62. The van der Waals surface area contributed by atoms with Gasteiger partial charge in [-0.1, -0.05) is 19.0 Å². The van der Waals surface area contributed by atoms with Crippen LogP contribution in [0.15, 0.2) is 10.6 Å². The molecule has 1 N–H and O–H groups in total. The fourth-order valence-corrected chi connectivity index (χ4v) is 4.00. The standard InChI is InChI=1S/C19H23F3N4O3/c1-10-8-26(16(27)11-7-13(25(4)23-11)17(2)5-6-17)9-12-14(10)15(24-29-12)18(3,28)19(20,21)22/h7,10,28H,5-6,8-9H2,1-4H3/t10-,18?/m0/s1. The highest BCUT2D eigenvalue weighted by Gasteiger charge is 2.55. The van der Waals surface area contributed by atoms with Gasteiger partial charge in [-0.05, 0) is 25.8 Å². The zero-order valence-corrected chi connectivity index (χ0v) is 16.7. The molecule has 1 amide bonds. The predicted molar refractivity (Wildman–Crippen MR) is 95.1 cm³/mol. The second kappa shape index (κ2) is 6.07. The van der Waals surface area contributed by atoms with Crippen LogP contribution in [0.3, 0.4) is 0 Å². The smallest absolute Gasteiger partial charge is 0.375 e. The number of fused-ring (bicyclic) bond motifs is 1. The van der Waals surface area contributed by atoms with Crippen molar-refractivity contribution >= 4 is 5.91 Å². The van der Waals surface area contributed by atoms with Crippen LogP contribution in [0.2, 0.25) is 0 Å². The molecule has 0 aromatic carbocycles. The van der Waals surface area contributed by atoms with Gasteiger partial charge < -0.3 is 14.5 Å². The van der Waals surface area contributed by atoms with Crippen LogP contribution in [0, 0.1) is 0 Å². The lowest BCUT2D eigenvalue weighted by Crippen LogP contribution is -2.42. The number of aliphatic hydroxyl groups is 1. The minimum absolute atomic E-state index is 0.0252. The lowest BCUT2D eigenvalue weighted by molar-refractivity contribution is -0.261. The van der Waals surface area contributed by atoms with Crippen LogP contribution < -0.4 is 0 Å². The van der Waals surface area contributed by atoms with E-state index in [2.05, 4.69) is 17.2 Å². The van der Waals surface area contributed by atoms with Crippen LogP contribution in [0.4, 0.5) is 13.2 Å². The van der Waals surface area contributed by atoms with E-state index in [1.807, 2.05) is 0 Å². The SMILES string of the molecule is C[C@H]1CN(C(=O)c2cc(C3(C)CC3)n(C)n2)Cc2onc(C(C)(O)C(F)(F)F)c21. The van der Waals surface area contributed by atoms with Gasteiger partial charge in [-0.2, -0.15) is 18.3 Å². The molecule has 0 saturated heterocycles. The van der Waals surface area contributed by atoms with E-state index < -0.39 is 23.4 Å². The summed E-state index contributed by atoms with van der Waals surface area (Å²) in [6, 6.07) is 1.79. The molecule has 1 unspecified atom stereocenters. The van der Waals surface area contributed by atoms with E-state index in [-0.39, 0.29) is 35.7 Å². The zero-order chi connectivity index (χ0) is 21.4. The van der Waals surface area contributed by atoms with Crippen molar-refractivity contribution in [3.63, 3.8) is 0 Å². The Hall–Kier alpha value is -2.36. The molecule has 4 rings (SSSR count). The first-order valence-electron chi connectivity index (χ1n) is 9.47. The summed E-state index contributed by atoms with van der Waals surface area (Å²) in [5.74, 6) is -0.641. The molecule has 2 aliphatic rings. The Morgan fingerprint density at radius 1 is 1.38 bits per heavy atom. The van der Waals surface area contributed by atoms with Crippen molar-refractivity contribution in [2.45, 2.75) is 63.3 Å². The van der Waals surface area contributed by atoms with Crippen molar-refractivity contribution in [3.05, 3.63) is 34.5 Å². The summed E-state index contributed by atoms with van der Waals surface area (Å²) >= 11 is 0. The molecule has 2 aromatic rings. The van der Waals surface area contributed by atoms with E-state index in [9.17, 15) is 23.1 Å². The van der Waals surface area contributed by atoms with Crippen LogP contribution in [0.1, 0.15) is 72.7 Å². The van der Waals surface area contributed by atoms with Gasteiger partial charge in [0.15, 0.2) is 11.5 Å². The third-order valence-corrected chi connectivity index (χ3v) is 6.14. The highest BCUT2D eigenvalue weighted by Crippen LogP contribution is 2.47. The maximum atomic E-state index is 13.3. The zero-order valence-electron chi connectivity index (χ0n) is 16.7. The number of carbonyl (C=O) groups is 1. The third kappa shape index (κ3) is 3.04. The molecule has 2 aromatic heterocycles. The maximum absolute atomic E-state index is 13.3. The number of alkyl halides is 3. The molecule has 3 heterocycles. The Bertz CT molecular complexity index is 972. The Morgan fingerprint density at radius 2 is 2.03 bits per heavy atom. The van der Waals surface area contributed by atoms with Crippen LogP contribution in [0.5, 0.6) is 0 Å². The lowest BCUT2D eigenvalue weighted by Gasteiger charge is -2.32. The van der Waals surface area contributed by atoms with E-state index in [4.69, 9.17) is 4.52 Å². The van der Waals surface area contributed by atoms with Crippen molar-refractivity contribution < 1.29 is 27.6 Å². The summed E-state index contributed by atoms with van der Waals surface area (Å²) in [6.45, 7) is 4.61. The maximum Gasteiger partial charge on any atom is 0.422 e. The first-order chi connectivity index (χ1) is 13.3. The summed E-state index contributed by atoms with van der Waals surface area (Å²) in [5.41, 5.74) is -2.11.